The van der Waals surface area contributed by atoms with Crippen LogP contribution < -0.4 is 0 Å². The predicted octanol–water partition coefficient (Wildman–Crippen LogP) is 4.08. The summed E-state index contributed by atoms with van der Waals surface area (Å²) >= 11 is 5.97. The first-order valence-electron chi connectivity index (χ1n) is 3.07. The fourth-order valence-corrected chi connectivity index (χ4v) is 2.95. The van der Waals surface area contributed by atoms with Crippen LogP contribution in [-0.4, -0.2) is 0 Å². The van der Waals surface area contributed by atoms with Gasteiger partial charge in [-0.1, -0.05) is 24.6 Å². The molecule has 1 unspecified atom stereocenters. The van der Waals surface area contributed by atoms with E-state index in [0.29, 0.717) is 0 Å². The Hall–Kier alpha value is 0.360. The minimum absolute atomic E-state index is 0. The fraction of sp³-hybridized carbons (Fsp3) is 0.429. The number of rotatable bonds is 1. The van der Waals surface area contributed by atoms with Gasteiger partial charge in [-0.05, 0) is 24.4 Å². The van der Waals surface area contributed by atoms with Crippen LogP contribution in [-0.2, 0) is 6.16 Å². The predicted molar refractivity (Wildman–Crippen MR) is 51.8 cm³/mol. The Morgan fingerprint density at radius 1 is 1.60 bits per heavy atom. The first kappa shape index (κ1) is 10.4. The Kier molecular flexibility index (Phi) is 4.44. The van der Waals surface area contributed by atoms with Crippen molar-refractivity contribution in [2.45, 2.75) is 20.0 Å². The lowest BCUT2D eigenvalue weighted by Crippen LogP contribution is -1.58. The van der Waals surface area contributed by atoms with Crippen LogP contribution in [0.5, 0.6) is 0 Å². The third kappa shape index (κ3) is 1.92. The van der Waals surface area contributed by atoms with Gasteiger partial charge in [0.2, 0.25) is 0 Å². The standard InChI is InChI=1S/C7H10ClP.ClH/c1-3-9-5-4-6(2)7(9)8;/h4-5H,3H2,1-2H3;1H. The molecule has 0 saturated carbocycles. The summed E-state index contributed by atoms with van der Waals surface area (Å²) in [4.78, 5) is 0. The molecule has 0 amide bonds. The van der Waals surface area contributed by atoms with E-state index in [-0.39, 0.29) is 19.9 Å². The lowest BCUT2D eigenvalue weighted by molar-refractivity contribution is 1.38. The van der Waals surface area contributed by atoms with Crippen molar-refractivity contribution in [1.29, 1.82) is 0 Å². The van der Waals surface area contributed by atoms with Crippen LogP contribution in [0, 0.1) is 6.92 Å². The Morgan fingerprint density at radius 3 is 2.40 bits per heavy atom. The third-order valence-corrected chi connectivity index (χ3v) is 4.42. The second-order valence-corrected chi connectivity index (χ2v) is 5.03. The van der Waals surface area contributed by atoms with E-state index in [2.05, 4.69) is 25.7 Å². The maximum atomic E-state index is 5.97. The van der Waals surface area contributed by atoms with Crippen molar-refractivity contribution in [3.8, 4) is 0 Å². The van der Waals surface area contributed by atoms with E-state index in [0.717, 1.165) is 4.75 Å². The highest BCUT2D eigenvalue weighted by molar-refractivity contribution is 7.51. The van der Waals surface area contributed by atoms with Gasteiger partial charge in [0, 0.05) is 0 Å². The van der Waals surface area contributed by atoms with Gasteiger partial charge in [0.05, 0.1) is 4.75 Å². The van der Waals surface area contributed by atoms with Gasteiger partial charge in [0.15, 0.2) is 0 Å². The zero-order chi connectivity index (χ0) is 6.85. The van der Waals surface area contributed by atoms with Gasteiger partial charge >= 0.3 is 0 Å². The van der Waals surface area contributed by atoms with Gasteiger partial charge in [0.25, 0.3) is 0 Å². The Balaban J connectivity index is 0.000000810. The van der Waals surface area contributed by atoms with Crippen molar-refractivity contribution in [2.24, 2.45) is 0 Å². The van der Waals surface area contributed by atoms with Crippen molar-refractivity contribution in [3.63, 3.8) is 0 Å². The van der Waals surface area contributed by atoms with Crippen molar-refractivity contribution < 1.29 is 0 Å². The molecule has 1 rings (SSSR count). The Morgan fingerprint density at radius 2 is 2.20 bits per heavy atom. The minimum Gasteiger partial charge on any atom is -0.147 e. The van der Waals surface area contributed by atoms with E-state index >= 15 is 0 Å². The van der Waals surface area contributed by atoms with Crippen molar-refractivity contribution in [3.05, 3.63) is 22.2 Å². The molecule has 10 heavy (non-hydrogen) atoms. The number of hydrogen-bond acceptors (Lipinski definition) is 0. The molecule has 0 saturated heterocycles. The summed E-state index contributed by atoms with van der Waals surface area (Å²) in [6.45, 7) is 4.24. The molecule has 0 spiro atoms. The van der Waals surface area contributed by atoms with Crippen LogP contribution in [0.3, 0.4) is 0 Å². The molecule has 1 heterocycles. The largest absolute Gasteiger partial charge is 0.147 e. The molecule has 0 aliphatic rings. The van der Waals surface area contributed by atoms with E-state index in [1.807, 2.05) is 0 Å². The first-order chi connectivity index (χ1) is 4.25. The fourth-order valence-electron chi connectivity index (χ4n) is 0.807. The van der Waals surface area contributed by atoms with Crippen LogP contribution in [0.4, 0.5) is 0 Å². The van der Waals surface area contributed by atoms with Gasteiger partial charge in [-0.2, -0.15) is 0 Å². The maximum Gasteiger partial charge on any atom is 0.0624 e. The Labute approximate surface area is 74.1 Å². The molecule has 0 fully saturated rings. The molecule has 1 atom stereocenters. The molecule has 0 nitrogen and oxygen atoms in total. The van der Waals surface area contributed by atoms with Crippen LogP contribution in [0.25, 0.3) is 0 Å². The summed E-state index contributed by atoms with van der Waals surface area (Å²) in [5.74, 6) is 2.23. The molecule has 3 heteroatoms. The first-order valence-corrected chi connectivity index (χ1v) is 5.04. The summed E-state index contributed by atoms with van der Waals surface area (Å²) in [5, 5.41) is 0. The highest BCUT2D eigenvalue weighted by Crippen LogP contribution is 2.41. The molecule has 0 bridgehead atoms. The topological polar surface area (TPSA) is 0 Å². The second-order valence-electron chi connectivity index (χ2n) is 2.08. The van der Waals surface area contributed by atoms with Crippen molar-refractivity contribution in [2.75, 3.05) is 0 Å². The highest BCUT2D eigenvalue weighted by atomic mass is 35.5. The molecular formula is C7H11Cl2P. The number of hydrogen-bond donors (Lipinski definition) is 0. The summed E-state index contributed by atoms with van der Waals surface area (Å²) in [7, 11) is -0.0790. The van der Waals surface area contributed by atoms with Crippen LogP contribution in [0.2, 0.25) is 4.75 Å². The molecular weight excluding hydrogens is 186 g/mol. The lowest BCUT2D eigenvalue weighted by atomic mass is 10.4. The summed E-state index contributed by atoms with van der Waals surface area (Å²) in [6.07, 6.45) is 1.18. The van der Waals surface area contributed by atoms with Gasteiger partial charge in [-0.15, -0.1) is 19.9 Å². The van der Waals surface area contributed by atoms with Crippen molar-refractivity contribution >= 4 is 31.5 Å². The number of aryl methyl sites for hydroxylation is 2. The van der Waals surface area contributed by atoms with E-state index in [9.17, 15) is 0 Å². The molecule has 58 valence electrons. The SMILES string of the molecule is CCp1ccc(C)c1Cl.Cl. The highest BCUT2D eigenvalue weighted by Gasteiger charge is 1.99. The summed E-state index contributed by atoms with van der Waals surface area (Å²) < 4.78 is 1.09. The molecule has 0 aliphatic carbocycles. The normalized spacial score (nSPS) is 10.9. The van der Waals surface area contributed by atoms with E-state index in [1.54, 1.807) is 0 Å². The molecule has 0 aromatic carbocycles. The quantitative estimate of drug-likeness (QED) is 0.636. The lowest BCUT2D eigenvalue weighted by Gasteiger charge is -1.91. The third-order valence-electron chi connectivity index (χ3n) is 1.42. The average molecular weight is 197 g/mol. The maximum absolute atomic E-state index is 5.97. The van der Waals surface area contributed by atoms with Crippen LogP contribution in [0.15, 0.2) is 11.9 Å². The average Bonchev–Trinajstić information content (AvgIpc) is 2.15. The van der Waals surface area contributed by atoms with Gasteiger partial charge in [0.1, 0.15) is 0 Å². The number of halogens is 2. The minimum atomic E-state index is -0.0790. The van der Waals surface area contributed by atoms with Crippen LogP contribution in [0.1, 0.15) is 12.5 Å². The Bertz CT molecular complexity index is 205. The zero-order valence-corrected chi connectivity index (χ0v) is 8.56. The van der Waals surface area contributed by atoms with Gasteiger partial charge < -0.3 is 0 Å². The smallest absolute Gasteiger partial charge is 0.0624 e. The molecule has 0 radical (unpaired) electrons. The molecule has 0 N–H and O–H groups in total. The van der Waals surface area contributed by atoms with Crippen molar-refractivity contribution in [1.82, 2.24) is 0 Å². The van der Waals surface area contributed by atoms with E-state index in [4.69, 9.17) is 11.6 Å². The zero-order valence-electron chi connectivity index (χ0n) is 6.10. The van der Waals surface area contributed by atoms with Gasteiger partial charge in [-0.3, -0.25) is 0 Å². The van der Waals surface area contributed by atoms with E-state index in [1.165, 1.54) is 11.7 Å². The van der Waals surface area contributed by atoms with Crippen LogP contribution >= 0.6 is 31.5 Å². The van der Waals surface area contributed by atoms with E-state index < -0.39 is 0 Å². The molecule has 0 aliphatic heterocycles. The summed E-state index contributed by atoms with van der Waals surface area (Å²) in [6, 6.07) is 2.12. The summed E-state index contributed by atoms with van der Waals surface area (Å²) in [5.41, 5.74) is 1.25. The monoisotopic (exact) mass is 196 g/mol. The molecule has 1 aromatic heterocycles. The molecule has 1 aromatic rings. The van der Waals surface area contributed by atoms with Gasteiger partial charge in [-0.25, -0.2) is 0 Å². The second kappa shape index (κ2) is 4.28.